The molecule has 1 aromatic carbocycles. The molecule has 0 atom stereocenters. The van der Waals surface area contributed by atoms with Crippen molar-refractivity contribution < 1.29 is 4.79 Å². The Morgan fingerprint density at radius 2 is 2.00 bits per heavy atom. The summed E-state index contributed by atoms with van der Waals surface area (Å²) in [5.74, 6) is 0.0268. The zero-order chi connectivity index (χ0) is 14.0. The molecule has 19 heavy (non-hydrogen) atoms. The second-order valence-electron chi connectivity index (χ2n) is 3.42. The molecule has 1 amide bonds. The topological polar surface area (TPSA) is 54.9 Å². The molecule has 2 aromatic rings. The zero-order valence-corrected chi connectivity index (χ0v) is 14.6. The number of aromatic nitrogens is 2. The Balaban J connectivity index is 2.23. The Labute approximate surface area is 139 Å². The van der Waals surface area contributed by atoms with Gasteiger partial charge in [-0.3, -0.25) is 4.79 Å². The van der Waals surface area contributed by atoms with Crippen molar-refractivity contribution in [2.24, 2.45) is 0 Å². The van der Waals surface area contributed by atoms with E-state index in [0.717, 1.165) is 4.47 Å². The number of hydrogen-bond acceptors (Lipinski definition) is 3. The fraction of sp³-hybridized carbons (Fsp3) is 0. The standard InChI is InChI=1S/C11H5Br3ClN3O/c12-6-2-1-5(3-7(6)15)11(19)18-10-9(14)17-8(13)4-16-10/h1-4H,(H,16,18,19). The molecule has 4 nitrogen and oxygen atoms in total. The van der Waals surface area contributed by atoms with Crippen LogP contribution in [0.2, 0.25) is 5.02 Å². The molecule has 0 aliphatic heterocycles. The normalized spacial score (nSPS) is 10.3. The van der Waals surface area contributed by atoms with Crippen molar-refractivity contribution in [1.29, 1.82) is 0 Å². The number of benzene rings is 1. The van der Waals surface area contributed by atoms with E-state index >= 15 is 0 Å². The largest absolute Gasteiger partial charge is 0.304 e. The molecular weight excluding hydrogens is 465 g/mol. The van der Waals surface area contributed by atoms with E-state index in [-0.39, 0.29) is 5.91 Å². The molecule has 0 fully saturated rings. The third-order valence-electron chi connectivity index (χ3n) is 2.11. The average molecular weight is 470 g/mol. The molecule has 0 bridgehead atoms. The van der Waals surface area contributed by atoms with E-state index in [4.69, 9.17) is 11.6 Å². The van der Waals surface area contributed by atoms with Gasteiger partial charge in [0.2, 0.25) is 0 Å². The minimum atomic E-state index is -0.313. The molecule has 0 radical (unpaired) electrons. The molecule has 1 N–H and O–H groups in total. The highest BCUT2D eigenvalue weighted by Crippen LogP contribution is 2.24. The second-order valence-corrected chi connectivity index (χ2v) is 6.24. The van der Waals surface area contributed by atoms with Gasteiger partial charge >= 0.3 is 0 Å². The van der Waals surface area contributed by atoms with E-state index in [1.54, 1.807) is 18.2 Å². The molecular formula is C11H5Br3ClN3O. The first-order valence-corrected chi connectivity index (χ1v) is 7.67. The van der Waals surface area contributed by atoms with Crippen molar-refractivity contribution in [3.63, 3.8) is 0 Å². The molecule has 1 aromatic heterocycles. The van der Waals surface area contributed by atoms with Gasteiger partial charge in [-0.05, 0) is 66.0 Å². The highest BCUT2D eigenvalue weighted by Gasteiger charge is 2.11. The lowest BCUT2D eigenvalue weighted by molar-refractivity contribution is 0.102. The maximum Gasteiger partial charge on any atom is 0.256 e. The van der Waals surface area contributed by atoms with Crippen LogP contribution < -0.4 is 5.32 Å². The predicted octanol–water partition coefficient (Wildman–Crippen LogP) is 4.67. The SMILES string of the molecule is O=C(Nc1ncc(Br)nc1Br)c1ccc(Br)c(Cl)c1. The number of nitrogens with zero attached hydrogens (tertiary/aromatic N) is 2. The minimum Gasteiger partial charge on any atom is -0.304 e. The van der Waals surface area contributed by atoms with Gasteiger partial charge in [0.05, 0.1) is 11.2 Å². The van der Waals surface area contributed by atoms with Gasteiger partial charge in [-0.1, -0.05) is 11.6 Å². The van der Waals surface area contributed by atoms with Crippen LogP contribution in [0.25, 0.3) is 0 Å². The zero-order valence-electron chi connectivity index (χ0n) is 9.12. The summed E-state index contributed by atoms with van der Waals surface area (Å²) >= 11 is 15.6. The number of carbonyl (C=O) groups is 1. The summed E-state index contributed by atoms with van der Waals surface area (Å²) in [5, 5.41) is 3.11. The first kappa shape index (κ1) is 14.9. The summed E-state index contributed by atoms with van der Waals surface area (Å²) in [6.45, 7) is 0. The van der Waals surface area contributed by atoms with Gasteiger partial charge in [0, 0.05) is 10.0 Å². The van der Waals surface area contributed by atoms with E-state index in [1.807, 2.05) is 0 Å². The molecule has 0 saturated heterocycles. The highest BCUT2D eigenvalue weighted by molar-refractivity contribution is 9.11. The van der Waals surface area contributed by atoms with E-state index in [9.17, 15) is 4.79 Å². The summed E-state index contributed by atoms with van der Waals surface area (Å²) in [7, 11) is 0. The molecule has 0 saturated carbocycles. The summed E-state index contributed by atoms with van der Waals surface area (Å²) in [6.07, 6.45) is 1.49. The van der Waals surface area contributed by atoms with Crippen molar-refractivity contribution in [3.05, 3.63) is 48.7 Å². The predicted molar refractivity (Wildman–Crippen MR) is 84.5 cm³/mol. The fourth-order valence-corrected chi connectivity index (χ4v) is 2.58. The third kappa shape index (κ3) is 3.75. The number of anilines is 1. The molecule has 98 valence electrons. The van der Waals surface area contributed by atoms with E-state index < -0.39 is 0 Å². The van der Waals surface area contributed by atoms with Crippen LogP contribution in [-0.4, -0.2) is 15.9 Å². The third-order valence-corrected chi connectivity index (χ3v) is 4.28. The van der Waals surface area contributed by atoms with Gasteiger partial charge in [0.15, 0.2) is 5.82 Å². The van der Waals surface area contributed by atoms with Crippen LogP contribution in [0.1, 0.15) is 10.4 Å². The van der Waals surface area contributed by atoms with E-state index in [0.29, 0.717) is 25.6 Å². The van der Waals surface area contributed by atoms with Gasteiger partial charge in [0.1, 0.15) is 9.21 Å². The van der Waals surface area contributed by atoms with Gasteiger partial charge in [0.25, 0.3) is 5.91 Å². The lowest BCUT2D eigenvalue weighted by atomic mass is 10.2. The first-order chi connectivity index (χ1) is 8.97. The van der Waals surface area contributed by atoms with Crippen LogP contribution >= 0.6 is 59.4 Å². The van der Waals surface area contributed by atoms with Crippen molar-refractivity contribution in [1.82, 2.24) is 9.97 Å². The Kier molecular flexibility index (Phi) is 4.94. The maximum absolute atomic E-state index is 12.0. The summed E-state index contributed by atoms with van der Waals surface area (Å²) < 4.78 is 1.75. The molecule has 2 rings (SSSR count). The van der Waals surface area contributed by atoms with Gasteiger partial charge < -0.3 is 5.32 Å². The van der Waals surface area contributed by atoms with Crippen LogP contribution in [0.5, 0.6) is 0 Å². The van der Waals surface area contributed by atoms with Gasteiger partial charge in [-0.25, -0.2) is 9.97 Å². The average Bonchev–Trinajstić information content (AvgIpc) is 2.36. The number of nitrogens with one attached hydrogen (secondary N) is 1. The van der Waals surface area contributed by atoms with Crippen molar-refractivity contribution >= 4 is 71.1 Å². The summed E-state index contributed by atoms with van der Waals surface area (Å²) in [6, 6.07) is 4.94. The Morgan fingerprint density at radius 3 is 2.63 bits per heavy atom. The summed E-state index contributed by atoms with van der Waals surface area (Å²) in [4.78, 5) is 20.2. The lowest BCUT2D eigenvalue weighted by Crippen LogP contribution is -2.13. The monoisotopic (exact) mass is 467 g/mol. The molecule has 8 heteroatoms. The molecule has 1 heterocycles. The van der Waals surface area contributed by atoms with Crippen LogP contribution in [0.4, 0.5) is 5.82 Å². The number of hydrogen-bond donors (Lipinski definition) is 1. The summed E-state index contributed by atoms with van der Waals surface area (Å²) in [5.41, 5.74) is 0.435. The Hall–Kier alpha value is -0.500. The minimum absolute atomic E-state index is 0.313. The number of halogens is 4. The Morgan fingerprint density at radius 1 is 1.26 bits per heavy atom. The van der Waals surface area contributed by atoms with Crippen LogP contribution in [0.3, 0.4) is 0 Å². The first-order valence-electron chi connectivity index (χ1n) is 4.92. The molecule has 0 aliphatic rings. The van der Waals surface area contributed by atoms with Crippen LogP contribution in [0.15, 0.2) is 38.1 Å². The van der Waals surface area contributed by atoms with Crippen molar-refractivity contribution in [2.75, 3.05) is 5.32 Å². The number of rotatable bonds is 2. The lowest BCUT2D eigenvalue weighted by Gasteiger charge is -2.06. The van der Waals surface area contributed by atoms with E-state index in [1.165, 1.54) is 6.20 Å². The molecule has 0 unspecified atom stereocenters. The van der Waals surface area contributed by atoms with Crippen LogP contribution in [0, 0.1) is 0 Å². The van der Waals surface area contributed by atoms with Gasteiger partial charge in [-0.2, -0.15) is 0 Å². The molecule has 0 spiro atoms. The number of carbonyl (C=O) groups excluding carboxylic acids is 1. The van der Waals surface area contributed by atoms with Crippen molar-refractivity contribution in [3.8, 4) is 0 Å². The highest BCUT2D eigenvalue weighted by atomic mass is 79.9. The Bertz CT molecular complexity index is 651. The smallest absolute Gasteiger partial charge is 0.256 e. The molecule has 0 aliphatic carbocycles. The van der Waals surface area contributed by atoms with Crippen molar-refractivity contribution in [2.45, 2.75) is 0 Å². The maximum atomic E-state index is 12.0. The quantitative estimate of drug-likeness (QED) is 0.694. The fourth-order valence-electron chi connectivity index (χ4n) is 1.25. The number of amides is 1. The second kappa shape index (κ2) is 6.30. The van der Waals surface area contributed by atoms with Crippen LogP contribution in [-0.2, 0) is 0 Å². The van der Waals surface area contributed by atoms with E-state index in [2.05, 4.69) is 63.1 Å². The van der Waals surface area contributed by atoms with Gasteiger partial charge in [-0.15, -0.1) is 0 Å².